The Bertz CT molecular complexity index is 364. The van der Waals surface area contributed by atoms with Crippen LogP contribution in [0.2, 0.25) is 0 Å². The number of ether oxygens (including phenoxy) is 2. The van der Waals surface area contributed by atoms with Gasteiger partial charge in [0.05, 0.1) is 14.2 Å². The molecule has 0 aromatic heterocycles. The highest BCUT2D eigenvalue weighted by atomic mass is 16.5. The van der Waals surface area contributed by atoms with Gasteiger partial charge in [0, 0.05) is 6.07 Å². The Hall–Kier alpha value is -1.22. The van der Waals surface area contributed by atoms with Crippen LogP contribution in [-0.2, 0) is 0 Å². The van der Waals surface area contributed by atoms with Crippen molar-refractivity contribution >= 4 is 0 Å². The first-order chi connectivity index (χ1) is 8.74. The molecule has 2 rings (SSSR count). The molecule has 1 fully saturated rings. The molecule has 1 N–H and O–H groups in total. The lowest BCUT2D eigenvalue weighted by molar-refractivity contribution is 0.332. The van der Waals surface area contributed by atoms with E-state index in [0.717, 1.165) is 24.6 Å². The van der Waals surface area contributed by atoms with E-state index in [1.165, 1.54) is 18.4 Å². The molecule has 3 heteroatoms. The largest absolute Gasteiger partial charge is 0.497 e. The van der Waals surface area contributed by atoms with Crippen molar-refractivity contribution in [3.8, 4) is 11.5 Å². The number of piperidine rings is 1. The Morgan fingerprint density at radius 3 is 2.33 bits per heavy atom. The van der Waals surface area contributed by atoms with E-state index in [1.54, 1.807) is 14.2 Å². The molecule has 1 aromatic carbocycles. The fourth-order valence-electron chi connectivity index (χ4n) is 2.67. The van der Waals surface area contributed by atoms with Gasteiger partial charge < -0.3 is 14.8 Å². The summed E-state index contributed by atoms with van der Waals surface area (Å²) in [7, 11) is 3.40. The molecule has 1 aliphatic heterocycles. The van der Waals surface area contributed by atoms with Crippen LogP contribution in [0.1, 0.15) is 31.2 Å². The second-order valence-corrected chi connectivity index (χ2v) is 5.04. The Balaban J connectivity index is 2.19. The molecule has 0 spiro atoms. The molecule has 1 saturated heterocycles. The number of rotatable bonds is 4. The minimum absolute atomic E-state index is 0.529. The summed E-state index contributed by atoms with van der Waals surface area (Å²) >= 11 is 0. The van der Waals surface area contributed by atoms with Crippen LogP contribution in [-0.4, -0.2) is 27.3 Å². The van der Waals surface area contributed by atoms with Crippen molar-refractivity contribution < 1.29 is 9.47 Å². The summed E-state index contributed by atoms with van der Waals surface area (Å²) in [5.41, 5.74) is 1.31. The van der Waals surface area contributed by atoms with Crippen molar-refractivity contribution in [1.29, 1.82) is 0 Å². The third-order valence-corrected chi connectivity index (χ3v) is 3.94. The number of nitrogens with one attached hydrogen (secondary N) is 1. The number of benzene rings is 1. The topological polar surface area (TPSA) is 30.5 Å². The highest BCUT2D eigenvalue weighted by Crippen LogP contribution is 2.33. The molecule has 0 saturated carbocycles. The van der Waals surface area contributed by atoms with Gasteiger partial charge in [-0.2, -0.15) is 0 Å². The molecule has 1 heterocycles. The van der Waals surface area contributed by atoms with Crippen molar-refractivity contribution in [2.45, 2.75) is 25.7 Å². The minimum Gasteiger partial charge on any atom is -0.497 e. The van der Waals surface area contributed by atoms with E-state index in [1.807, 2.05) is 6.07 Å². The van der Waals surface area contributed by atoms with Gasteiger partial charge in [0.1, 0.15) is 11.5 Å². The smallest absolute Gasteiger partial charge is 0.122 e. The van der Waals surface area contributed by atoms with Crippen LogP contribution in [0.5, 0.6) is 11.5 Å². The summed E-state index contributed by atoms with van der Waals surface area (Å²) in [6.45, 7) is 4.57. The van der Waals surface area contributed by atoms with Gasteiger partial charge in [-0.25, -0.2) is 0 Å². The lowest BCUT2D eigenvalue weighted by Gasteiger charge is -2.29. The minimum atomic E-state index is 0.529. The summed E-state index contributed by atoms with van der Waals surface area (Å²) < 4.78 is 10.7. The standard InChI is InChI=1S/C15H23NO2/c1-11(12-5-4-6-16-10-12)13-7-14(17-2)9-15(8-13)18-3/h7-9,11-12,16H,4-6,10H2,1-3H3. The summed E-state index contributed by atoms with van der Waals surface area (Å²) in [5, 5.41) is 3.48. The van der Waals surface area contributed by atoms with Gasteiger partial charge in [-0.1, -0.05) is 6.92 Å². The van der Waals surface area contributed by atoms with E-state index in [4.69, 9.17) is 9.47 Å². The van der Waals surface area contributed by atoms with E-state index in [2.05, 4.69) is 24.4 Å². The molecule has 0 radical (unpaired) electrons. The molecule has 0 aliphatic carbocycles. The van der Waals surface area contributed by atoms with Crippen molar-refractivity contribution in [1.82, 2.24) is 5.32 Å². The molecule has 18 heavy (non-hydrogen) atoms. The molecule has 100 valence electrons. The molecule has 3 nitrogen and oxygen atoms in total. The number of hydrogen-bond donors (Lipinski definition) is 1. The van der Waals surface area contributed by atoms with Gasteiger partial charge in [0.2, 0.25) is 0 Å². The van der Waals surface area contributed by atoms with Crippen LogP contribution in [0, 0.1) is 5.92 Å². The molecule has 1 aliphatic rings. The zero-order chi connectivity index (χ0) is 13.0. The van der Waals surface area contributed by atoms with Crippen LogP contribution >= 0.6 is 0 Å². The van der Waals surface area contributed by atoms with E-state index in [-0.39, 0.29) is 0 Å². The van der Waals surface area contributed by atoms with Crippen LogP contribution in [0.4, 0.5) is 0 Å². The van der Waals surface area contributed by atoms with Crippen molar-refractivity contribution in [2.24, 2.45) is 5.92 Å². The monoisotopic (exact) mass is 249 g/mol. The fourth-order valence-corrected chi connectivity index (χ4v) is 2.67. The van der Waals surface area contributed by atoms with Crippen LogP contribution < -0.4 is 14.8 Å². The zero-order valence-electron chi connectivity index (χ0n) is 11.5. The van der Waals surface area contributed by atoms with Crippen molar-refractivity contribution in [3.63, 3.8) is 0 Å². The van der Waals surface area contributed by atoms with Gasteiger partial charge in [-0.15, -0.1) is 0 Å². The molecule has 0 amide bonds. The first kappa shape index (κ1) is 13.2. The SMILES string of the molecule is COc1cc(OC)cc(C(C)C2CCCNC2)c1. The summed E-state index contributed by atoms with van der Waals surface area (Å²) in [6, 6.07) is 6.18. The van der Waals surface area contributed by atoms with E-state index in [0.29, 0.717) is 11.8 Å². The second kappa shape index (κ2) is 6.10. The summed E-state index contributed by atoms with van der Waals surface area (Å²) in [6.07, 6.45) is 2.57. The Kier molecular flexibility index (Phi) is 4.48. The summed E-state index contributed by atoms with van der Waals surface area (Å²) in [4.78, 5) is 0. The zero-order valence-corrected chi connectivity index (χ0v) is 11.5. The lowest BCUT2D eigenvalue weighted by Crippen LogP contribution is -2.32. The van der Waals surface area contributed by atoms with Crippen molar-refractivity contribution in [2.75, 3.05) is 27.3 Å². The number of methoxy groups -OCH3 is 2. The lowest BCUT2D eigenvalue weighted by atomic mass is 9.83. The van der Waals surface area contributed by atoms with E-state index in [9.17, 15) is 0 Å². The molecule has 2 unspecified atom stereocenters. The predicted octanol–water partition coefficient (Wildman–Crippen LogP) is 2.81. The second-order valence-electron chi connectivity index (χ2n) is 5.04. The molecule has 0 bridgehead atoms. The maximum absolute atomic E-state index is 5.34. The molecule has 2 atom stereocenters. The molecule has 1 aromatic rings. The average Bonchev–Trinajstić information content (AvgIpc) is 2.46. The predicted molar refractivity (Wildman–Crippen MR) is 73.6 cm³/mol. The van der Waals surface area contributed by atoms with Gasteiger partial charge >= 0.3 is 0 Å². The van der Waals surface area contributed by atoms with Crippen molar-refractivity contribution in [3.05, 3.63) is 23.8 Å². The van der Waals surface area contributed by atoms with E-state index < -0.39 is 0 Å². The maximum atomic E-state index is 5.34. The molecular formula is C15H23NO2. The van der Waals surface area contributed by atoms with Gasteiger partial charge in [0.15, 0.2) is 0 Å². The third kappa shape index (κ3) is 2.96. The maximum Gasteiger partial charge on any atom is 0.122 e. The van der Waals surface area contributed by atoms with Crippen LogP contribution in [0.25, 0.3) is 0 Å². The van der Waals surface area contributed by atoms with Crippen LogP contribution in [0.3, 0.4) is 0 Å². The third-order valence-electron chi connectivity index (χ3n) is 3.94. The molecular weight excluding hydrogens is 226 g/mol. The van der Waals surface area contributed by atoms with Gasteiger partial charge in [0.25, 0.3) is 0 Å². The number of hydrogen-bond acceptors (Lipinski definition) is 3. The Morgan fingerprint density at radius 1 is 1.17 bits per heavy atom. The highest BCUT2D eigenvalue weighted by Gasteiger charge is 2.22. The fraction of sp³-hybridized carbons (Fsp3) is 0.600. The van der Waals surface area contributed by atoms with Gasteiger partial charge in [-0.05, 0) is 55.5 Å². The first-order valence-corrected chi connectivity index (χ1v) is 6.68. The first-order valence-electron chi connectivity index (χ1n) is 6.68. The normalized spacial score (nSPS) is 21.4. The quantitative estimate of drug-likeness (QED) is 0.890. The Morgan fingerprint density at radius 2 is 1.83 bits per heavy atom. The average molecular weight is 249 g/mol. The van der Waals surface area contributed by atoms with E-state index >= 15 is 0 Å². The van der Waals surface area contributed by atoms with Crippen LogP contribution in [0.15, 0.2) is 18.2 Å². The van der Waals surface area contributed by atoms with Gasteiger partial charge in [-0.3, -0.25) is 0 Å². The Labute approximate surface area is 109 Å². The summed E-state index contributed by atoms with van der Waals surface area (Å²) in [5.74, 6) is 2.98. The highest BCUT2D eigenvalue weighted by molar-refractivity contribution is 5.40.